The summed E-state index contributed by atoms with van der Waals surface area (Å²) in [5.74, 6) is 1.06. The molecular weight excluding hydrogens is 278 g/mol. The Morgan fingerprint density at radius 1 is 1.38 bits per heavy atom. The quantitative estimate of drug-likeness (QED) is 0.796. The molecule has 21 heavy (non-hydrogen) atoms. The van der Waals surface area contributed by atoms with Crippen molar-refractivity contribution in [1.29, 1.82) is 5.26 Å². The van der Waals surface area contributed by atoms with Gasteiger partial charge in [0.2, 0.25) is 0 Å². The number of likely N-dealkylation sites (tertiary alicyclic amines) is 1. The van der Waals surface area contributed by atoms with Crippen molar-refractivity contribution in [3.05, 3.63) is 29.8 Å². The molecule has 0 radical (unpaired) electrons. The average Bonchev–Trinajstić information content (AvgIpc) is 2.48. The van der Waals surface area contributed by atoms with E-state index >= 15 is 0 Å². The van der Waals surface area contributed by atoms with E-state index in [4.69, 9.17) is 5.26 Å². The predicted molar refractivity (Wildman–Crippen MR) is 91.0 cm³/mol. The van der Waals surface area contributed by atoms with Crippen molar-refractivity contribution in [2.75, 3.05) is 23.6 Å². The molecule has 114 valence electrons. The fourth-order valence-electron chi connectivity index (χ4n) is 2.77. The minimum Gasteiger partial charge on any atom is -0.330 e. The lowest BCUT2D eigenvalue weighted by molar-refractivity contribution is 0.116. The van der Waals surface area contributed by atoms with Crippen molar-refractivity contribution in [3.63, 3.8) is 0 Å². The minimum atomic E-state index is 0.229. The summed E-state index contributed by atoms with van der Waals surface area (Å²) < 4.78 is 3.36. The van der Waals surface area contributed by atoms with Crippen molar-refractivity contribution in [2.45, 2.75) is 39.7 Å². The van der Waals surface area contributed by atoms with E-state index in [2.05, 4.69) is 53.8 Å². The highest BCUT2D eigenvalue weighted by atomic mass is 32.2. The van der Waals surface area contributed by atoms with Gasteiger partial charge < -0.3 is 4.72 Å². The smallest absolute Gasteiger partial charge is 0.0627 e. The van der Waals surface area contributed by atoms with Crippen molar-refractivity contribution in [2.24, 2.45) is 5.41 Å². The molecule has 1 aromatic carbocycles. The molecule has 0 unspecified atom stereocenters. The number of rotatable bonds is 6. The summed E-state index contributed by atoms with van der Waals surface area (Å²) in [5.41, 5.74) is 2.78. The van der Waals surface area contributed by atoms with Crippen LogP contribution in [-0.4, -0.2) is 23.7 Å². The summed E-state index contributed by atoms with van der Waals surface area (Å²) >= 11 is 1.73. The van der Waals surface area contributed by atoms with Gasteiger partial charge in [0.25, 0.3) is 0 Å². The second-order valence-corrected chi connectivity index (χ2v) is 7.23. The first-order valence-corrected chi connectivity index (χ1v) is 8.70. The number of nitrogens with one attached hydrogen (secondary N) is 1. The zero-order valence-electron chi connectivity index (χ0n) is 13.1. The molecule has 1 aliphatic rings. The number of piperidine rings is 1. The SMILES string of the molecule is CCSNc1cccc(CN2CCC(C)(CC#N)CC2)c1. The third-order valence-electron chi connectivity index (χ3n) is 4.24. The molecule has 0 atom stereocenters. The van der Waals surface area contributed by atoms with Gasteiger partial charge >= 0.3 is 0 Å². The molecule has 0 bridgehead atoms. The fraction of sp³-hybridized carbons (Fsp3) is 0.588. The third-order valence-corrected chi connectivity index (χ3v) is 4.91. The molecule has 3 nitrogen and oxygen atoms in total. The predicted octanol–water partition coefficient (Wildman–Crippen LogP) is 4.28. The van der Waals surface area contributed by atoms with Crippen molar-refractivity contribution in [1.82, 2.24) is 4.90 Å². The zero-order valence-corrected chi connectivity index (χ0v) is 13.9. The second kappa shape index (κ2) is 7.72. The van der Waals surface area contributed by atoms with Gasteiger partial charge in [-0.3, -0.25) is 4.90 Å². The van der Waals surface area contributed by atoms with Crippen molar-refractivity contribution in [3.8, 4) is 6.07 Å². The van der Waals surface area contributed by atoms with Crippen LogP contribution >= 0.6 is 11.9 Å². The monoisotopic (exact) mass is 303 g/mol. The molecule has 1 fully saturated rings. The van der Waals surface area contributed by atoms with Crippen molar-refractivity contribution < 1.29 is 0 Å². The van der Waals surface area contributed by atoms with Gasteiger partial charge in [0.05, 0.1) is 6.07 Å². The molecule has 1 saturated heterocycles. The van der Waals surface area contributed by atoms with Crippen LogP contribution in [0.5, 0.6) is 0 Å². The molecule has 4 heteroatoms. The van der Waals surface area contributed by atoms with E-state index < -0.39 is 0 Å². The molecular formula is C17H25N3S. The highest BCUT2D eigenvalue weighted by molar-refractivity contribution is 8.00. The highest BCUT2D eigenvalue weighted by Crippen LogP contribution is 2.34. The molecule has 2 rings (SSSR count). The van der Waals surface area contributed by atoms with Crippen LogP contribution in [0.15, 0.2) is 24.3 Å². The fourth-order valence-corrected chi connectivity index (χ4v) is 3.20. The van der Waals surface area contributed by atoms with Crippen LogP contribution in [0.4, 0.5) is 5.69 Å². The van der Waals surface area contributed by atoms with Gasteiger partial charge in [0.15, 0.2) is 0 Å². The molecule has 0 spiro atoms. The maximum Gasteiger partial charge on any atom is 0.0627 e. The maximum absolute atomic E-state index is 8.91. The van der Waals surface area contributed by atoms with Crippen LogP contribution in [0, 0.1) is 16.7 Å². The van der Waals surface area contributed by atoms with Crippen LogP contribution in [-0.2, 0) is 6.54 Å². The van der Waals surface area contributed by atoms with Crippen molar-refractivity contribution >= 4 is 17.6 Å². The molecule has 0 amide bonds. The van der Waals surface area contributed by atoms with Gasteiger partial charge in [-0.1, -0.05) is 37.9 Å². The molecule has 1 aromatic rings. The first kappa shape index (κ1) is 16.2. The second-order valence-electron chi connectivity index (χ2n) is 6.16. The van der Waals surface area contributed by atoms with Gasteiger partial charge in [0, 0.05) is 24.4 Å². The Balaban J connectivity index is 1.87. The van der Waals surface area contributed by atoms with Crippen LogP contribution < -0.4 is 4.72 Å². The summed E-state index contributed by atoms with van der Waals surface area (Å²) in [5, 5.41) is 8.91. The molecule has 1 aliphatic heterocycles. The lowest BCUT2D eigenvalue weighted by Crippen LogP contribution is -2.38. The number of benzene rings is 1. The molecule has 0 saturated carbocycles. The first-order valence-electron chi connectivity index (χ1n) is 7.71. The third kappa shape index (κ3) is 4.94. The Hall–Kier alpha value is -1.18. The van der Waals surface area contributed by atoms with Crippen LogP contribution in [0.2, 0.25) is 0 Å². The molecule has 0 aromatic heterocycles. The Kier molecular flexibility index (Phi) is 5.96. The number of anilines is 1. The zero-order chi connectivity index (χ0) is 15.1. The number of hydrogen-bond acceptors (Lipinski definition) is 4. The van der Waals surface area contributed by atoms with Gasteiger partial charge in [-0.25, -0.2) is 0 Å². The summed E-state index contributed by atoms with van der Waals surface area (Å²) in [7, 11) is 0. The molecule has 1 heterocycles. The summed E-state index contributed by atoms with van der Waals surface area (Å²) in [6.45, 7) is 7.60. The van der Waals surface area contributed by atoms with Gasteiger partial charge in [-0.05, 0) is 49.0 Å². The standard InChI is InChI=1S/C17H25N3S/c1-3-21-19-16-6-4-5-15(13-16)14-20-11-8-17(2,7-10-18)9-12-20/h4-6,13,19H,3,7-9,11-12,14H2,1-2H3. The van der Waals surface area contributed by atoms with E-state index in [-0.39, 0.29) is 5.41 Å². The number of hydrogen-bond donors (Lipinski definition) is 1. The normalized spacial score (nSPS) is 18.1. The number of nitrogens with zero attached hydrogens (tertiary/aromatic N) is 2. The van der Waals surface area contributed by atoms with Crippen LogP contribution in [0.1, 0.15) is 38.7 Å². The number of nitriles is 1. The highest BCUT2D eigenvalue weighted by Gasteiger charge is 2.29. The minimum absolute atomic E-state index is 0.229. The summed E-state index contributed by atoms with van der Waals surface area (Å²) in [6.07, 6.45) is 2.95. The van der Waals surface area contributed by atoms with E-state index in [1.54, 1.807) is 11.9 Å². The largest absolute Gasteiger partial charge is 0.330 e. The lowest BCUT2D eigenvalue weighted by atomic mass is 9.78. The summed E-state index contributed by atoms with van der Waals surface area (Å²) in [6, 6.07) is 11.0. The molecule has 0 aliphatic carbocycles. The van der Waals surface area contributed by atoms with E-state index in [0.29, 0.717) is 6.42 Å². The average molecular weight is 303 g/mol. The Morgan fingerprint density at radius 2 is 2.14 bits per heavy atom. The topological polar surface area (TPSA) is 39.1 Å². The Labute approximate surface area is 132 Å². The van der Waals surface area contributed by atoms with Crippen LogP contribution in [0.3, 0.4) is 0 Å². The lowest BCUT2D eigenvalue weighted by Gasteiger charge is -2.38. The van der Waals surface area contributed by atoms with E-state index in [0.717, 1.165) is 38.2 Å². The Bertz CT molecular complexity index is 487. The van der Waals surface area contributed by atoms with E-state index in [1.807, 2.05) is 0 Å². The Morgan fingerprint density at radius 3 is 2.81 bits per heavy atom. The van der Waals surface area contributed by atoms with Gasteiger partial charge in [-0.15, -0.1) is 0 Å². The van der Waals surface area contributed by atoms with E-state index in [1.165, 1.54) is 11.3 Å². The first-order chi connectivity index (χ1) is 10.1. The molecule has 1 N–H and O–H groups in total. The van der Waals surface area contributed by atoms with Crippen LogP contribution in [0.25, 0.3) is 0 Å². The van der Waals surface area contributed by atoms with Gasteiger partial charge in [0.1, 0.15) is 0 Å². The van der Waals surface area contributed by atoms with Gasteiger partial charge in [-0.2, -0.15) is 5.26 Å². The summed E-state index contributed by atoms with van der Waals surface area (Å²) in [4.78, 5) is 2.51. The maximum atomic E-state index is 8.91. The van der Waals surface area contributed by atoms with E-state index in [9.17, 15) is 0 Å².